The number of H-pyrrole nitrogens is 1. The average Bonchev–Trinajstić information content (AvgIpc) is 3.28. The van der Waals surface area contributed by atoms with E-state index in [1.54, 1.807) is 6.07 Å². The maximum absolute atomic E-state index is 13.4. The van der Waals surface area contributed by atoms with Crippen LogP contribution in [0.3, 0.4) is 0 Å². The Labute approximate surface area is 181 Å². The molecule has 4 heteroatoms. The molecule has 0 spiro atoms. The lowest BCUT2D eigenvalue weighted by Gasteiger charge is -2.32. The molecule has 1 saturated heterocycles. The van der Waals surface area contributed by atoms with Crippen LogP contribution < -0.4 is 0 Å². The molecule has 0 unspecified atom stereocenters. The van der Waals surface area contributed by atoms with Gasteiger partial charge in [0.25, 0.3) is 5.91 Å². The van der Waals surface area contributed by atoms with Gasteiger partial charge in [0.15, 0.2) is 0 Å². The summed E-state index contributed by atoms with van der Waals surface area (Å²) in [6, 6.07) is 25.7. The molecule has 0 saturated carbocycles. The van der Waals surface area contributed by atoms with Crippen molar-refractivity contribution in [1.82, 2.24) is 9.88 Å². The van der Waals surface area contributed by atoms with Crippen LogP contribution in [0.1, 0.15) is 40.2 Å². The number of rotatable bonds is 3. The van der Waals surface area contributed by atoms with Crippen LogP contribution in [0.2, 0.25) is 0 Å². The van der Waals surface area contributed by atoms with Gasteiger partial charge in [-0.05, 0) is 48.1 Å². The minimum atomic E-state index is 0.0423. The van der Waals surface area contributed by atoms with Gasteiger partial charge < -0.3 is 9.88 Å². The first-order valence-electron chi connectivity index (χ1n) is 10.7. The smallest absolute Gasteiger partial charge is 0.254 e. The number of amides is 1. The third kappa shape index (κ3) is 3.49. The largest absolute Gasteiger partial charge is 0.361 e. The van der Waals surface area contributed by atoms with E-state index in [0.29, 0.717) is 17.0 Å². The van der Waals surface area contributed by atoms with Gasteiger partial charge in [-0.1, -0.05) is 54.6 Å². The second-order valence-electron chi connectivity index (χ2n) is 8.06. The number of hydrogen-bond acceptors (Lipinski definition) is 2. The van der Waals surface area contributed by atoms with Crippen LogP contribution in [0.4, 0.5) is 0 Å². The van der Waals surface area contributed by atoms with Gasteiger partial charge in [0.2, 0.25) is 0 Å². The number of nitriles is 1. The summed E-state index contributed by atoms with van der Waals surface area (Å²) in [6.07, 6.45) is 4.02. The molecule has 1 aliphatic rings. The first-order valence-corrected chi connectivity index (χ1v) is 10.7. The molecule has 0 atom stereocenters. The fourth-order valence-corrected chi connectivity index (χ4v) is 4.72. The van der Waals surface area contributed by atoms with Crippen LogP contribution in [0.15, 0.2) is 79.0 Å². The third-order valence-corrected chi connectivity index (χ3v) is 6.34. The number of nitrogens with zero attached hydrogens (tertiary/aromatic N) is 2. The Balaban J connectivity index is 1.38. The Kier molecular flexibility index (Phi) is 5.01. The Morgan fingerprint density at radius 3 is 2.39 bits per heavy atom. The molecule has 0 radical (unpaired) electrons. The number of likely N-dealkylation sites (tertiary alicyclic amines) is 1. The van der Waals surface area contributed by atoms with Crippen molar-refractivity contribution in [3.63, 3.8) is 0 Å². The molecule has 152 valence electrons. The normalized spacial score (nSPS) is 14.5. The topological polar surface area (TPSA) is 59.9 Å². The van der Waals surface area contributed by atoms with E-state index in [1.807, 2.05) is 53.4 Å². The van der Waals surface area contributed by atoms with E-state index in [9.17, 15) is 10.1 Å². The van der Waals surface area contributed by atoms with Crippen molar-refractivity contribution in [1.29, 1.82) is 5.26 Å². The van der Waals surface area contributed by atoms with Crippen molar-refractivity contribution in [3.05, 3.63) is 95.7 Å². The van der Waals surface area contributed by atoms with E-state index in [1.165, 1.54) is 16.5 Å². The fourth-order valence-electron chi connectivity index (χ4n) is 4.72. The highest BCUT2D eigenvalue weighted by Gasteiger charge is 2.27. The van der Waals surface area contributed by atoms with Crippen molar-refractivity contribution in [3.8, 4) is 17.2 Å². The summed E-state index contributed by atoms with van der Waals surface area (Å²) >= 11 is 0. The van der Waals surface area contributed by atoms with Crippen LogP contribution in [0, 0.1) is 11.3 Å². The molecule has 2 heterocycles. The predicted molar refractivity (Wildman–Crippen MR) is 123 cm³/mol. The number of aromatic nitrogens is 1. The van der Waals surface area contributed by atoms with Gasteiger partial charge in [-0.2, -0.15) is 5.26 Å². The molecule has 1 aromatic heterocycles. The molecule has 1 fully saturated rings. The number of nitrogens with one attached hydrogen (secondary N) is 1. The molecule has 3 aromatic carbocycles. The summed E-state index contributed by atoms with van der Waals surface area (Å²) < 4.78 is 0. The van der Waals surface area contributed by atoms with E-state index in [0.717, 1.165) is 37.1 Å². The van der Waals surface area contributed by atoms with Crippen molar-refractivity contribution < 1.29 is 4.79 Å². The minimum absolute atomic E-state index is 0.0423. The second-order valence-corrected chi connectivity index (χ2v) is 8.06. The van der Waals surface area contributed by atoms with Gasteiger partial charge in [0.1, 0.15) is 0 Å². The van der Waals surface area contributed by atoms with Crippen molar-refractivity contribution in [2.24, 2.45) is 0 Å². The number of benzene rings is 3. The highest BCUT2D eigenvalue weighted by atomic mass is 16.2. The molecule has 31 heavy (non-hydrogen) atoms. The molecule has 0 aliphatic carbocycles. The van der Waals surface area contributed by atoms with Crippen LogP contribution in [-0.2, 0) is 0 Å². The maximum Gasteiger partial charge on any atom is 0.254 e. The maximum atomic E-state index is 13.4. The zero-order chi connectivity index (χ0) is 21.2. The van der Waals surface area contributed by atoms with Gasteiger partial charge in [0, 0.05) is 41.3 Å². The Hall–Kier alpha value is -3.84. The number of hydrogen-bond donors (Lipinski definition) is 1. The van der Waals surface area contributed by atoms with Crippen LogP contribution in [0.25, 0.3) is 22.0 Å². The van der Waals surface area contributed by atoms with E-state index in [-0.39, 0.29) is 5.91 Å². The predicted octanol–water partition coefficient (Wildman–Crippen LogP) is 5.73. The van der Waals surface area contributed by atoms with Crippen molar-refractivity contribution in [2.75, 3.05) is 13.1 Å². The lowest BCUT2D eigenvalue weighted by molar-refractivity contribution is 0.0714. The molecule has 1 amide bonds. The van der Waals surface area contributed by atoms with Gasteiger partial charge in [-0.3, -0.25) is 4.79 Å². The standard InChI is InChI=1S/C27H23N3O/c28-17-20-7-1-2-8-21(20)22-9-3-4-11-24(22)27(31)30-15-13-19(14-16-30)25-18-29-26-12-6-5-10-23(25)26/h1-12,18-19,29H,13-16H2. The van der Waals surface area contributed by atoms with Crippen LogP contribution in [0.5, 0.6) is 0 Å². The summed E-state index contributed by atoms with van der Waals surface area (Å²) in [4.78, 5) is 18.8. The zero-order valence-corrected chi connectivity index (χ0v) is 17.2. The molecule has 0 bridgehead atoms. The third-order valence-electron chi connectivity index (χ3n) is 6.34. The summed E-state index contributed by atoms with van der Waals surface area (Å²) in [6.45, 7) is 1.47. The first-order chi connectivity index (χ1) is 15.3. The van der Waals surface area contributed by atoms with Gasteiger partial charge in [0.05, 0.1) is 11.6 Å². The first kappa shape index (κ1) is 19.1. The van der Waals surface area contributed by atoms with E-state index in [2.05, 4.69) is 35.4 Å². The number of piperidine rings is 1. The molecular weight excluding hydrogens is 382 g/mol. The molecule has 5 rings (SSSR count). The summed E-state index contributed by atoms with van der Waals surface area (Å²) in [5, 5.41) is 10.8. The number of fused-ring (bicyclic) bond motifs is 1. The Morgan fingerprint density at radius 1 is 0.903 bits per heavy atom. The van der Waals surface area contributed by atoms with E-state index in [4.69, 9.17) is 0 Å². The van der Waals surface area contributed by atoms with Crippen LogP contribution >= 0.6 is 0 Å². The lowest BCUT2D eigenvalue weighted by atomic mass is 9.88. The van der Waals surface area contributed by atoms with Crippen molar-refractivity contribution >= 4 is 16.8 Å². The van der Waals surface area contributed by atoms with E-state index >= 15 is 0 Å². The summed E-state index contributed by atoms with van der Waals surface area (Å²) in [5.41, 5.74) is 5.40. The number of aromatic amines is 1. The van der Waals surface area contributed by atoms with Crippen LogP contribution in [-0.4, -0.2) is 28.9 Å². The molecule has 1 aliphatic heterocycles. The number of para-hydroxylation sites is 1. The zero-order valence-electron chi connectivity index (χ0n) is 17.2. The molecule has 4 aromatic rings. The lowest BCUT2D eigenvalue weighted by Crippen LogP contribution is -2.38. The molecular formula is C27H23N3O. The summed E-state index contributed by atoms with van der Waals surface area (Å²) in [7, 11) is 0. The van der Waals surface area contributed by atoms with E-state index < -0.39 is 0 Å². The Morgan fingerprint density at radius 2 is 1.58 bits per heavy atom. The fraction of sp³-hybridized carbons (Fsp3) is 0.185. The average molecular weight is 406 g/mol. The summed E-state index contributed by atoms with van der Waals surface area (Å²) in [5.74, 6) is 0.496. The quantitative estimate of drug-likeness (QED) is 0.473. The molecule has 1 N–H and O–H groups in total. The van der Waals surface area contributed by atoms with Gasteiger partial charge >= 0.3 is 0 Å². The van der Waals surface area contributed by atoms with Gasteiger partial charge in [-0.15, -0.1) is 0 Å². The monoisotopic (exact) mass is 405 g/mol. The highest BCUT2D eigenvalue weighted by molar-refractivity contribution is 6.01. The Bertz CT molecular complexity index is 1290. The number of carbonyl (C=O) groups is 1. The highest BCUT2D eigenvalue weighted by Crippen LogP contribution is 2.34. The molecule has 4 nitrogen and oxygen atoms in total. The minimum Gasteiger partial charge on any atom is -0.361 e. The second kappa shape index (κ2) is 8.12. The van der Waals surface area contributed by atoms with Crippen molar-refractivity contribution in [2.45, 2.75) is 18.8 Å². The van der Waals surface area contributed by atoms with Gasteiger partial charge in [-0.25, -0.2) is 0 Å². The SMILES string of the molecule is N#Cc1ccccc1-c1ccccc1C(=O)N1CCC(c2c[nH]c3ccccc23)CC1. The number of carbonyl (C=O) groups excluding carboxylic acids is 1.